The molecule has 2 N–H and O–H groups in total. The number of aromatic carboxylic acids is 1. The van der Waals surface area contributed by atoms with Crippen LogP contribution in [-0.2, 0) is 7.05 Å². The van der Waals surface area contributed by atoms with Gasteiger partial charge in [-0.3, -0.25) is 4.68 Å². The van der Waals surface area contributed by atoms with E-state index in [1.807, 2.05) is 0 Å². The molecule has 0 spiro atoms. The monoisotopic (exact) mass is 356 g/mol. The lowest BCUT2D eigenvalue weighted by atomic mass is 10.1. The molecule has 0 amide bonds. The maximum atomic E-state index is 11.0. The lowest BCUT2D eigenvalue weighted by Crippen LogP contribution is -1.99. The Morgan fingerprint density at radius 2 is 2.00 bits per heavy atom. The smallest absolute Gasteiger partial charge is 0.356 e. The first kappa shape index (κ1) is 15.2. The Hall–Kier alpha value is -2.22. The van der Waals surface area contributed by atoms with Gasteiger partial charge >= 0.3 is 5.97 Å². The number of aromatic nitrogens is 2. The van der Waals surface area contributed by atoms with Crippen LogP contribution in [0.4, 0.5) is 0 Å². The highest BCUT2D eigenvalue weighted by Gasteiger charge is 2.22. The van der Waals surface area contributed by atoms with Crippen LogP contribution in [0.5, 0.6) is 17.2 Å². The van der Waals surface area contributed by atoms with Gasteiger partial charge in [-0.2, -0.15) is 5.10 Å². The first-order chi connectivity index (χ1) is 9.90. The van der Waals surface area contributed by atoms with E-state index in [4.69, 9.17) is 14.6 Å². The van der Waals surface area contributed by atoms with Crippen molar-refractivity contribution in [2.45, 2.75) is 0 Å². The highest BCUT2D eigenvalue weighted by molar-refractivity contribution is 9.10. The molecular formula is C13H13BrN2O5. The van der Waals surface area contributed by atoms with Gasteiger partial charge in [-0.05, 0) is 28.1 Å². The molecule has 2 rings (SSSR count). The Morgan fingerprint density at radius 3 is 2.48 bits per heavy atom. The fourth-order valence-electron chi connectivity index (χ4n) is 1.96. The number of hydrogen-bond acceptors (Lipinski definition) is 5. The van der Waals surface area contributed by atoms with Crippen molar-refractivity contribution < 1.29 is 24.5 Å². The number of rotatable bonds is 4. The summed E-state index contributed by atoms with van der Waals surface area (Å²) < 4.78 is 12.1. The van der Waals surface area contributed by atoms with Crippen LogP contribution in [0.15, 0.2) is 16.6 Å². The third-order valence-electron chi connectivity index (χ3n) is 2.96. The molecule has 0 unspecified atom stereocenters. The summed E-state index contributed by atoms with van der Waals surface area (Å²) in [5.41, 5.74) is 0.700. The first-order valence-corrected chi connectivity index (χ1v) is 6.61. The van der Waals surface area contributed by atoms with Crippen LogP contribution < -0.4 is 9.47 Å². The van der Waals surface area contributed by atoms with Crippen molar-refractivity contribution >= 4 is 21.9 Å². The number of phenols is 1. The number of ether oxygens (including phenoxy) is 2. The van der Waals surface area contributed by atoms with E-state index in [-0.39, 0.29) is 11.4 Å². The van der Waals surface area contributed by atoms with Crippen molar-refractivity contribution in [3.63, 3.8) is 0 Å². The van der Waals surface area contributed by atoms with Gasteiger partial charge < -0.3 is 19.7 Å². The molecule has 0 saturated carbocycles. The summed E-state index contributed by atoms with van der Waals surface area (Å²) in [6.07, 6.45) is 0. The number of aryl methyl sites for hydroxylation is 1. The molecule has 0 aliphatic rings. The summed E-state index contributed by atoms with van der Waals surface area (Å²) in [5, 5.41) is 23.1. The number of benzene rings is 1. The van der Waals surface area contributed by atoms with Gasteiger partial charge in [0.25, 0.3) is 0 Å². The summed E-state index contributed by atoms with van der Waals surface area (Å²) >= 11 is 3.24. The molecular weight excluding hydrogens is 344 g/mol. The first-order valence-electron chi connectivity index (χ1n) is 5.81. The van der Waals surface area contributed by atoms with Crippen LogP contribution in [0, 0.1) is 0 Å². The average Bonchev–Trinajstić information content (AvgIpc) is 2.83. The van der Waals surface area contributed by atoms with Gasteiger partial charge in [-0.25, -0.2) is 4.79 Å². The van der Waals surface area contributed by atoms with Crippen molar-refractivity contribution in [2.75, 3.05) is 14.2 Å². The zero-order valence-electron chi connectivity index (χ0n) is 11.5. The predicted octanol–water partition coefficient (Wildman–Crippen LogP) is 2.27. The average molecular weight is 357 g/mol. The third-order valence-corrected chi connectivity index (χ3v) is 3.70. The fraction of sp³-hybridized carbons (Fsp3) is 0.231. The number of carbonyl (C=O) groups is 1. The van der Waals surface area contributed by atoms with Gasteiger partial charge in [0.2, 0.25) is 0 Å². The van der Waals surface area contributed by atoms with E-state index < -0.39 is 5.97 Å². The quantitative estimate of drug-likeness (QED) is 0.872. The van der Waals surface area contributed by atoms with Crippen molar-refractivity contribution in [1.82, 2.24) is 9.78 Å². The second-order valence-electron chi connectivity index (χ2n) is 4.17. The fourth-order valence-corrected chi connectivity index (χ4v) is 2.53. The van der Waals surface area contributed by atoms with Crippen molar-refractivity contribution in [1.29, 1.82) is 0 Å². The van der Waals surface area contributed by atoms with Gasteiger partial charge in [-0.15, -0.1) is 0 Å². The molecule has 0 saturated heterocycles. The maximum Gasteiger partial charge on any atom is 0.356 e. The predicted molar refractivity (Wildman–Crippen MR) is 78.1 cm³/mol. The molecule has 21 heavy (non-hydrogen) atoms. The SMILES string of the molecule is COc1cc(-c2cc(C(=O)O)nn2C)c(O)c(Br)c1OC. The van der Waals surface area contributed by atoms with E-state index in [2.05, 4.69) is 21.0 Å². The number of phenolic OH excluding ortho intramolecular Hbond substituents is 1. The van der Waals surface area contributed by atoms with Crippen molar-refractivity contribution in [3.8, 4) is 28.5 Å². The summed E-state index contributed by atoms with van der Waals surface area (Å²) in [4.78, 5) is 11.0. The lowest BCUT2D eigenvalue weighted by molar-refractivity contribution is 0.0689. The molecule has 112 valence electrons. The van der Waals surface area contributed by atoms with Gasteiger partial charge in [0.1, 0.15) is 10.2 Å². The van der Waals surface area contributed by atoms with Crippen LogP contribution in [0.25, 0.3) is 11.3 Å². The Bertz CT molecular complexity index is 711. The molecule has 0 aliphatic heterocycles. The van der Waals surface area contributed by atoms with E-state index in [1.54, 1.807) is 13.1 Å². The molecule has 0 radical (unpaired) electrons. The van der Waals surface area contributed by atoms with Gasteiger partial charge in [0.15, 0.2) is 17.2 Å². The van der Waals surface area contributed by atoms with Gasteiger partial charge in [0.05, 0.1) is 19.9 Å². The van der Waals surface area contributed by atoms with Crippen LogP contribution in [-0.4, -0.2) is 40.2 Å². The minimum Gasteiger partial charge on any atom is -0.506 e. The molecule has 8 heteroatoms. The minimum atomic E-state index is -1.14. The molecule has 1 aromatic heterocycles. The Labute approximate surface area is 128 Å². The summed E-state index contributed by atoms with van der Waals surface area (Å²) in [5.74, 6) is -0.488. The largest absolute Gasteiger partial charge is 0.506 e. The van der Waals surface area contributed by atoms with E-state index in [0.717, 1.165) is 0 Å². The maximum absolute atomic E-state index is 11.0. The number of hydrogen-bond donors (Lipinski definition) is 2. The zero-order chi connectivity index (χ0) is 15.7. The summed E-state index contributed by atoms with van der Waals surface area (Å²) in [6, 6.07) is 2.93. The topological polar surface area (TPSA) is 93.8 Å². The molecule has 0 aliphatic carbocycles. The molecule has 7 nitrogen and oxygen atoms in total. The Balaban J connectivity index is 2.70. The molecule has 0 fully saturated rings. The van der Waals surface area contributed by atoms with E-state index in [0.29, 0.717) is 27.2 Å². The normalized spacial score (nSPS) is 10.5. The molecule has 2 aromatic rings. The van der Waals surface area contributed by atoms with Crippen LogP contribution in [0.2, 0.25) is 0 Å². The molecule has 1 heterocycles. The standard InChI is InChI=1S/C13H13BrN2O5/c1-16-8(5-7(15-16)13(18)19)6-4-9(20-2)12(21-3)10(14)11(6)17/h4-5,17H,1-3H3,(H,18,19). The highest BCUT2D eigenvalue weighted by Crippen LogP contribution is 2.47. The van der Waals surface area contributed by atoms with Gasteiger partial charge in [0, 0.05) is 12.6 Å². The van der Waals surface area contributed by atoms with E-state index in [9.17, 15) is 9.90 Å². The van der Waals surface area contributed by atoms with Crippen LogP contribution >= 0.6 is 15.9 Å². The molecule has 0 atom stereocenters. The Morgan fingerprint density at radius 1 is 1.33 bits per heavy atom. The lowest BCUT2D eigenvalue weighted by Gasteiger charge is -2.14. The van der Waals surface area contributed by atoms with Crippen molar-refractivity contribution in [3.05, 3.63) is 22.3 Å². The van der Waals surface area contributed by atoms with Crippen LogP contribution in [0.3, 0.4) is 0 Å². The van der Waals surface area contributed by atoms with E-state index >= 15 is 0 Å². The summed E-state index contributed by atoms with van der Waals surface area (Å²) in [7, 11) is 4.51. The van der Waals surface area contributed by atoms with E-state index in [1.165, 1.54) is 25.0 Å². The number of methoxy groups -OCH3 is 2. The number of carboxylic acid groups (broad SMARTS) is 1. The number of aromatic hydroxyl groups is 1. The molecule has 1 aromatic carbocycles. The second kappa shape index (κ2) is 5.65. The second-order valence-corrected chi connectivity index (χ2v) is 4.96. The number of carboxylic acids is 1. The zero-order valence-corrected chi connectivity index (χ0v) is 13.1. The Kier molecular flexibility index (Phi) is 4.08. The third kappa shape index (κ3) is 2.54. The highest BCUT2D eigenvalue weighted by atomic mass is 79.9. The summed E-state index contributed by atoms with van der Waals surface area (Å²) in [6.45, 7) is 0. The molecule has 0 bridgehead atoms. The number of halogens is 1. The minimum absolute atomic E-state index is 0.0902. The van der Waals surface area contributed by atoms with Crippen LogP contribution in [0.1, 0.15) is 10.5 Å². The van der Waals surface area contributed by atoms with Crippen molar-refractivity contribution in [2.24, 2.45) is 7.05 Å². The van der Waals surface area contributed by atoms with Gasteiger partial charge in [-0.1, -0.05) is 0 Å². The number of nitrogens with zero attached hydrogens (tertiary/aromatic N) is 2.